The second-order valence-corrected chi connectivity index (χ2v) is 3.84. The third kappa shape index (κ3) is 4.03. The standard InChI is InChI=1S/C9H16O4/c1-6(12-5)7(10)13-8(11)9(2,3)4/h6H,1-5H3/t6-/m1/s1. The van der Waals surface area contributed by atoms with Crippen molar-refractivity contribution in [2.45, 2.75) is 33.8 Å². The Hall–Kier alpha value is -0.900. The molecule has 0 N–H and O–H groups in total. The number of esters is 2. The summed E-state index contributed by atoms with van der Waals surface area (Å²) in [5.41, 5.74) is -0.664. The van der Waals surface area contributed by atoms with Crippen LogP contribution in [0.15, 0.2) is 0 Å². The average molecular weight is 188 g/mol. The minimum atomic E-state index is -0.703. The first kappa shape index (κ1) is 12.1. The number of methoxy groups -OCH3 is 1. The molecule has 0 unspecified atom stereocenters. The number of carbonyl (C=O) groups is 2. The van der Waals surface area contributed by atoms with Gasteiger partial charge in [0.1, 0.15) is 0 Å². The molecule has 0 heterocycles. The van der Waals surface area contributed by atoms with E-state index in [4.69, 9.17) is 4.74 Å². The fourth-order valence-corrected chi connectivity index (χ4v) is 0.424. The van der Waals surface area contributed by atoms with Crippen LogP contribution >= 0.6 is 0 Å². The summed E-state index contributed by atoms with van der Waals surface area (Å²) in [6.45, 7) is 6.57. The van der Waals surface area contributed by atoms with Crippen LogP contribution in [0.2, 0.25) is 0 Å². The van der Waals surface area contributed by atoms with Crippen molar-refractivity contribution < 1.29 is 19.1 Å². The van der Waals surface area contributed by atoms with Gasteiger partial charge in [-0.05, 0) is 27.7 Å². The second kappa shape index (κ2) is 4.37. The Labute approximate surface area is 78.2 Å². The van der Waals surface area contributed by atoms with Gasteiger partial charge in [-0.2, -0.15) is 0 Å². The first-order chi connectivity index (χ1) is 5.79. The molecule has 0 saturated carbocycles. The maximum atomic E-state index is 11.2. The van der Waals surface area contributed by atoms with Crippen molar-refractivity contribution in [1.29, 1.82) is 0 Å². The predicted octanol–water partition coefficient (Wildman–Crippen LogP) is 1.14. The van der Waals surface area contributed by atoms with E-state index >= 15 is 0 Å². The molecule has 13 heavy (non-hydrogen) atoms. The SMILES string of the molecule is CO[C@H](C)C(=O)OC(=O)C(C)(C)C. The van der Waals surface area contributed by atoms with E-state index in [2.05, 4.69) is 4.74 Å². The van der Waals surface area contributed by atoms with Crippen molar-refractivity contribution in [2.75, 3.05) is 7.11 Å². The van der Waals surface area contributed by atoms with Gasteiger partial charge in [-0.15, -0.1) is 0 Å². The fraction of sp³-hybridized carbons (Fsp3) is 0.778. The van der Waals surface area contributed by atoms with Crippen LogP contribution in [-0.2, 0) is 19.1 Å². The maximum absolute atomic E-state index is 11.2. The van der Waals surface area contributed by atoms with E-state index in [1.165, 1.54) is 14.0 Å². The number of ether oxygens (including phenoxy) is 2. The molecule has 0 aromatic rings. The van der Waals surface area contributed by atoms with Crippen LogP contribution in [0.4, 0.5) is 0 Å². The largest absolute Gasteiger partial charge is 0.391 e. The Morgan fingerprint density at radius 3 is 2.00 bits per heavy atom. The first-order valence-corrected chi connectivity index (χ1v) is 4.08. The van der Waals surface area contributed by atoms with Crippen LogP contribution in [0.25, 0.3) is 0 Å². The Kier molecular flexibility index (Phi) is 4.07. The molecule has 0 radical (unpaired) electrons. The summed E-state index contributed by atoms with van der Waals surface area (Å²) in [6, 6.07) is 0. The zero-order chi connectivity index (χ0) is 10.6. The molecule has 0 aliphatic heterocycles. The number of hydrogen-bond donors (Lipinski definition) is 0. The normalized spacial score (nSPS) is 13.6. The van der Waals surface area contributed by atoms with Gasteiger partial charge in [-0.1, -0.05) is 0 Å². The lowest BCUT2D eigenvalue weighted by Crippen LogP contribution is -2.31. The van der Waals surface area contributed by atoms with Gasteiger partial charge in [-0.3, -0.25) is 4.79 Å². The zero-order valence-electron chi connectivity index (χ0n) is 8.71. The molecule has 0 fully saturated rings. The zero-order valence-corrected chi connectivity index (χ0v) is 8.71. The van der Waals surface area contributed by atoms with Gasteiger partial charge >= 0.3 is 11.9 Å². The van der Waals surface area contributed by atoms with E-state index in [0.29, 0.717) is 0 Å². The minimum Gasteiger partial charge on any atom is -0.391 e. The molecule has 0 bridgehead atoms. The highest BCUT2D eigenvalue weighted by atomic mass is 16.6. The van der Waals surface area contributed by atoms with Crippen molar-refractivity contribution >= 4 is 11.9 Å². The molecule has 1 atom stereocenters. The van der Waals surface area contributed by atoms with E-state index in [0.717, 1.165) is 0 Å². The highest BCUT2D eigenvalue weighted by molar-refractivity contribution is 5.90. The minimum absolute atomic E-state index is 0.540. The Morgan fingerprint density at radius 2 is 1.69 bits per heavy atom. The summed E-state index contributed by atoms with van der Waals surface area (Å²) in [6.07, 6.45) is -0.703. The van der Waals surface area contributed by atoms with Crippen LogP contribution in [-0.4, -0.2) is 25.2 Å². The van der Waals surface area contributed by atoms with Crippen molar-refractivity contribution in [3.63, 3.8) is 0 Å². The maximum Gasteiger partial charge on any atom is 0.342 e. The molecule has 0 spiro atoms. The summed E-state index contributed by atoms with van der Waals surface area (Å²) in [5, 5.41) is 0. The average Bonchev–Trinajstić information content (AvgIpc) is 2.01. The lowest BCUT2D eigenvalue weighted by molar-refractivity contribution is -0.171. The van der Waals surface area contributed by atoms with Gasteiger partial charge < -0.3 is 9.47 Å². The molecule has 0 aliphatic rings. The number of rotatable bonds is 2. The van der Waals surface area contributed by atoms with E-state index in [1.54, 1.807) is 20.8 Å². The molecule has 0 amide bonds. The van der Waals surface area contributed by atoms with Crippen molar-refractivity contribution in [2.24, 2.45) is 5.41 Å². The van der Waals surface area contributed by atoms with Crippen LogP contribution < -0.4 is 0 Å². The lowest BCUT2D eigenvalue weighted by Gasteiger charge is -2.16. The Bertz CT molecular complexity index is 202. The van der Waals surface area contributed by atoms with Crippen molar-refractivity contribution in [3.05, 3.63) is 0 Å². The van der Waals surface area contributed by atoms with Gasteiger partial charge in [-0.25, -0.2) is 4.79 Å². The van der Waals surface area contributed by atoms with Crippen molar-refractivity contribution in [1.82, 2.24) is 0 Å². The van der Waals surface area contributed by atoms with E-state index in [-0.39, 0.29) is 0 Å². The van der Waals surface area contributed by atoms with Gasteiger partial charge in [0.15, 0.2) is 6.10 Å². The summed E-state index contributed by atoms with van der Waals surface area (Å²) in [7, 11) is 1.38. The molecule has 0 aromatic carbocycles. The highest BCUT2D eigenvalue weighted by Crippen LogP contribution is 2.15. The third-order valence-electron chi connectivity index (χ3n) is 1.49. The molecular formula is C9H16O4. The number of carbonyl (C=O) groups excluding carboxylic acids is 2. The fourth-order valence-electron chi connectivity index (χ4n) is 0.424. The Morgan fingerprint density at radius 1 is 1.23 bits per heavy atom. The molecule has 4 heteroatoms. The summed E-state index contributed by atoms with van der Waals surface area (Å²) in [4.78, 5) is 22.3. The van der Waals surface area contributed by atoms with Crippen LogP contribution in [0.5, 0.6) is 0 Å². The molecule has 0 saturated heterocycles. The lowest BCUT2D eigenvalue weighted by atomic mass is 9.97. The molecule has 0 aliphatic carbocycles. The third-order valence-corrected chi connectivity index (χ3v) is 1.49. The summed E-state index contributed by atoms with van der Waals surface area (Å²) in [5.74, 6) is -1.19. The second-order valence-electron chi connectivity index (χ2n) is 3.84. The van der Waals surface area contributed by atoms with E-state index in [9.17, 15) is 9.59 Å². The van der Waals surface area contributed by atoms with Crippen molar-refractivity contribution in [3.8, 4) is 0 Å². The van der Waals surface area contributed by atoms with Gasteiger partial charge in [0.2, 0.25) is 0 Å². The smallest absolute Gasteiger partial charge is 0.342 e. The first-order valence-electron chi connectivity index (χ1n) is 4.08. The van der Waals surface area contributed by atoms with Crippen LogP contribution in [0.3, 0.4) is 0 Å². The monoisotopic (exact) mass is 188 g/mol. The van der Waals surface area contributed by atoms with Gasteiger partial charge in [0, 0.05) is 7.11 Å². The van der Waals surface area contributed by atoms with E-state index < -0.39 is 23.5 Å². The molecular weight excluding hydrogens is 172 g/mol. The Balaban J connectivity index is 4.16. The molecule has 0 aromatic heterocycles. The molecule has 4 nitrogen and oxygen atoms in total. The molecule has 76 valence electrons. The van der Waals surface area contributed by atoms with E-state index in [1.807, 2.05) is 0 Å². The van der Waals surface area contributed by atoms with Gasteiger partial charge in [0.25, 0.3) is 0 Å². The summed E-state index contributed by atoms with van der Waals surface area (Å²) < 4.78 is 9.26. The summed E-state index contributed by atoms with van der Waals surface area (Å²) >= 11 is 0. The topological polar surface area (TPSA) is 52.6 Å². The quantitative estimate of drug-likeness (QED) is 0.481. The predicted molar refractivity (Wildman–Crippen MR) is 47.0 cm³/mol. The molecule has 0 rings (SSSR count). The highest BCUT2D eigenvalue weighted by Gasteiger charge is 2.27. The number of hydrogen-bond acceptors (Lipinski definition) is 4. The van der Waals surface area contributed by atoms with Crippen LogP contribution in [0, 0.1) is 5.41 Å². The van der Waals surface area contributed by atoms with Gasteiger partial charge in [0.05, 0.1) is 5.41 Å². The van der Waals surface area contributed by atoms with Crippen LogP contribution in [0.1, 0.15) is 27.7 Å².